The Kier molecular flexibility index (Phi) is 5.13. The number of hydrogen-bond donors (Lipinski definition) is 1. The van der Waals surface area contributed by atoms with Gasteiger partial charge >= 0.3 is 6.09 Å². The van der Waals surface area contributed by atoms with Crippen LogP contribution in [-0.2, 0) is 11.3 Å². The number of hydrogen-bond acceptors (Lipinski definition) is 5. The van der Waals surface area contributed by atoms with Crippen molar-refractivity contribution >= 4 is 23.0 Å². The van der Waals surface area contributed by atoms with Crippen molar-refractivity contribution in [2.45, 2.75) is 32.4 Å². The molecule has 1 N–H and O–H groups in total. The summed E-state index contributed by atoms with van der Waals surface area (Å²) in [6, 6.07) is 12.9. The van der Waals surface area contributed by atoms with E-state index in [0.717, 1.165) is 5.56 Å². The van der Waals surface area contributed by atoms with Gasteiger partial charge in [-0.3, -0.25) is 9.59 Å². The molecule has 0 spiro atoms. The topological polar surface area (TPSA) is 95.6 Å². The van der Waals surface area contributed by atoms with Gasteiger partial charge in [0.1, 0.15) is 5.69 Å². The number of nitrogens with zero attached hydrogens (tertiary/aromatic N) is 3. The van der Waals surface area contributed by atoms with Crippen LogP contribution in [0.1, 0.15) is 35.7 Å². The van der Waals surface area contributed by atoms with E-state index in [2.05, 4.69) is 9.97 Å². The third kappa shape index (κ3) is 3.41. The van der Waals surface area contributed by atoms with E-state index in [1.165, 1.54) is 0 Å². The Morgan fingerprint density at radius 3 is 2.62 bits per heavy atom. The summed E-state index contributed by atoms with van der Waals surface area (Å²) in [6.07, 6.45) is 1.09. The van der Waals surface area contributed by atoms with Crippen LogP contribution in [0.2, 0.25) is 0 Å². The quantitative estimate of drug-likeness (QED) is 0.686. The zero-order valence-corrected chi connectivity index (χ0v) is 17.8. The zero-order chi connectivity index (χ0) is 22.2. The number of H-pyrrole nitrogens is 1. The number of rotatable bonds is 3. The molecule has 5 rings (SSSR count). The van der Waals surface area contributed by atoms with E-state index in [-0.39, 0.29) is 23.6 Å². The molecule has 164 valence electrons. The fourth-order valence-electron chi connectivity index (χ4n) is 4.66. The highest BCUT2D eigenvalue weighted by molar-refractivity contribution is 6.00. The Bertz CT molecular complexity index is 1260. The van der Waals surface area contributed by atoms with Crippen molar-refractivity contribution < 1.29 is 14.3 Å². The number of ether oxygens (including phenoxy) is 1. The summed E-state index contributed by atoms with van der Waals surface area (Å²) in [5.41, 5.74) is 3.57. The van der Waals surface area contributed by atoms with Crippen LogP contribution in [0.15, 0.2) is 47.3 Å². The molecule has 0 radical (unpaired) electrons. The van der Waals surface area contributed by atoms with Crippen LogP contribution in [0.3, 0.4) is 0 Å². The summed E-state index contributed by atoms with van der Waals surface area (Å²) in [4.78, 5) is 49.0. The highest BCUT2D eigenvalue weighted by Crippen LogP contribution is 2.34. The number of aromatic amines is 1. The van der Waals surface area contributed by atoms with Crippen molar-refractivity contribution in [3.05, 3.63) is 63.9 Å². The maximum absolute atomic E-state index is 13.2. The molecule has 0 saturated carbocycles. The van der Waals surface area contributed by atoms with E-state index in [1.54, 1.807) is 17.9 Å². The van der Waals surface area contributed by atoms with Crippen molar-refractivity contribution in [2.24, 2.45) is 0 Å². The number of piperidine rings is 1. The number of benzene rings is 2. The number of fused-ring (bicyclic) bond motifs is 2. The van der Waals surface area contributed by atoms with Gasteiger partial charge in [0.2, 0.25) is 0 Å². The Hall–Kier alpha value is -3.68. The van der Waals surface area contributed by atoms with Crippen LogP contribution in [0.25, 0.3) is 22.3 Å². The first kappa shape index (κ1) is 20.2. The number of carbonyl (C=O) groups is 2. The molecule has 2 amide bonds. The summed E-state index contributed by atoms with van der Waals surface area (Å²) < 4.78 is 5.09. The van der Waals surface area contributed by atoms with Gasteiger partial charge in [-0.15, -0.1) is 0 Å². The van der Waals surface area contributed by atoms with Crippen LogP contribution < -0.4 is 5.56 Å². The van der Waals surface area contributed by atoms with Gasteiger partial charge in [-0.1, -0.05) is 24.3 Å². The summed E-state index contributed by atoms with van der Waals surface area (Å²) in [7, 11) is 0. The molecule has 3 heterocycles. The van der Waals surface area contributed by atoms with Crippen LogP contribution >= 0.6 is 0 Å². The van der Waals surface area contributed by atoms with Gasteiger partial charge in [-0.2, -0.15) is 0 Å². The van der Waals surface area contributed by atoms with Crippen LogP contribution in [0.5, 0.6) is 0 Å². The highest BCUT2D eigenvalue weighted by Gasteiger charge is 2.37. The van der Waals surface area contributed by atoms with E-state index in [9.17, 15) is 14.4 Å². The van der Waals surface area contributed by atoms with Crippen LogP contribution in [0, 0.1) is 0 Å². The van der Waals surface area contributed by atoms with Crippen LogP contribution in [-0.4, -0.2) is 57.5 Å². The summed E-state index contributed by atoms with van der Waals surface area (Å²) >= 11 is 0. The molecule has 8 heteroatoms. The normalized spacial score (nSPS) is 16.5. The number of para-hydroxylation sites is 2. The largest absolute Gasteiger partial charge is 0.450 e. The zero-order valence-electron chi connectivity index (χ0n) is 17.8. The fraction of sp³-hybridized carbons (Fsp3) is 0.333. The van der Waals surface area contributed by atoms with E-state index in [4.69, 9.17) is 4.74 Å². The van der Waals surface area contributed by atoms with Gasteiger partial charge in [0.05, 0.1) is 17.6 Å². The number of aromatic nitrogens is 2. The smallest absolute Gasteiger partial charge is 0.409 e. The summed E-state index contributed by atoms with van der Waals surface area (Å²) in [5, 5.41) is 0. The van der Waals surface area contributed by atoms with Gasteiger partial charge in [-0.05, 0) is 43.5 Å². The van der Waals surface area contributed by atoms with Gasteiger partial charge in [0, 0.05) is 36.8 Å². The molecule has 2 aliphatic heterocycles. The fourth-order valence-corrected chi connectivity index (χ4v) is 4.66. The first-order chi connectivity index (χ1) is 15.6. The minimum absolute atomic E-state index is 0.0337. The number of amides is 2. The Morgan fingerprint density at radius 1 is 1.09 bits per heavy atom. The SMILES string of the molecule is CCOC(=O)N1CCC(N2Cc3c(cccc3-c3nc4ccccc4[nH]c3=O)C2=O)CC1. The van der Waals surface area contributed by atoms with Gasteiger partial charge in [0.15, 0.2) is 0 Å². The Balaban J connectivity index is 1.42. The molecule has 32 heavy (non-hydrogen) atoms. The lowest BCUT2D eigenvalue weighted by Gasteiger charge is -2.36. The predicted octanol–water partition coefficient (Wildman–Crippen LogP) is 3.17. The average molecular weight is 432 g/mol. The van der Waals surface area contributed by atoms with E-state index < -0.39 is 0 Å². The summed E-state index contributed by atoms with van der Waals surface area (Å²) in [6.45, 7) is 3.69. The van der Waals surface area contributed by atoms with Crippen molar-refractivity contribution in [1.29, 1.82) is 0 Å². The lowest BCUT2D eigenvalue weighted by atomic mass is 10.0. The number of nitrogens with one attached hydrogen (secondary N) is 1. The molecule has 1 saturated heterocycles. The molecule has 2 aromatic carbocycles. The Morgan fingerprint density at radius 2 is 1.84 bits per heavy atom. The van der Waals surface area contributed by atoms with E-state index >= 15 is 0 Å². The van der Waals surface area contributed by atoms with Crippen molar-refractivity contribution in [3.63, 3.8) is 0 Å². The second-order valence-corrected chi connectivity index (χ2v) is 8.11. The second-order valence-electron chi connectivity index (χ2n) is 8.11. The van der Waals surface area contributed by atoms with E-state index in [0.29, 0.717) is 66.9 Å². The molecule has 8 nitrogen and oxygen atoms in total. The first-order valence-corrected chi connectivity index (χ1v) is 10.9. The maximum atomic E-state index is 13.2. The van der Waals surface area contributed by atoms with Gasteiger partial charge < -0.3 is 19.5 Å². The molecule has 0 unspecified atom stereocenters. The standard InChI is InChI=1S/C24H24N4O4/c1-2-32-24(31)27-12-10-15(11-13-27)28-14-18-16(6-5-7-17(18)23(28)30)21-22(29)26-20-9-4-3-8-19(20)25-21/h3-9,15H,2,10-14H2,1H3,(H,26,29). The van der Waals surface area contributed by atoms with Gasteiger partial charge in [-0.25, -0.2) is 9.78 Å². The molecule has 0 atom stereocenters. The predicted molar refractivity (Wildman–Crippen MR) is 119 cm³/mol. The molecule has 3 aromatic rings. The number of carbonyl (C=O) groups excluding carboxylic acids is 2. The molecule has 1 aromatic heterocycles. The second kappa shape index (κ2) is 8.11. The monoisotopic (exact) mass is 432 g/mol. The molecule has 1 fully saturated rings. The minimum atomic E-state index is -0.300. The number of likely N-dealkylation sites (tertiary alicyclic amines) is 1. The van der Waals surface area contributed by atoms with Gasteiger partial charge in [0.25, 0.3) is 11.5 Å². The minimum Gasteiger partial charge on any atom is -0.450 e. The molecule has 2 aliphatic rings. The lowest BCUT2D eigenvalue weighted by molar-refractivity contribution is 0.0558. The van der Waals surface area contributed by atoms with Crippen molar-refractivity contribution in [2.75, 3.05) is 19.7 Å². The van der Waals surface area contributed by atoms with Crippen LogP contribution in [0.4, 0.5) is 4.79 Å². The van der Waals surface area contributed by atoms with Crippen molar-refractivity contribution in [1.82, 2.24) is 19.8 Å². The average Bonchev–Trinajstić information content (AvgIpc) is 3.15. The molecule has 0 bridgehead atoms. The highest BCUT2D eigenvalue weighted by atomic mass is 16.6. The summed E-state index contributed by atoms with van der Waals surface area (Å²) in [5.74, 6) is -0.0337. The van der Waals surface area contributed by atoms with Crippen molar-refractivity contribution in [3.8, 4) is 11.3 Å². The molecular weight excluding hydrogens is 408 g/mol. The van der Waals surface area contributed by atoms with E-state index in [1.807, 2.05) is 41.3 Å². The molecule has 0 aliphatic carbocycles. The maximum Gasteiger partial charge on any atom is 0.409 e. The third-order valence-corrected chi connectivity index (χ3v) is 6.28. The molecular formula is C24H24N4O4. The third-order valence-electron chi connectivity index (χ3n) is 6.28. The Labute approximate surface area is 184 Å². The lowest BCUT2D eigenvalue weighted by Crippen LogP contribution is -2.47. The first-order valence-electron chi connectivity index (χ1n) is 10.9.